The van der Waals surface area contributed by atoms with Gasteiger partial charge in [-0.3, -0.25) is 0 Å². The Bertz CT molecular complexity index is 153. The Morgan fingerprint density at radius 2 is 1.40 bits per heavy atom. The molecular weight excluding hydrogens is 200 g/mol. The summed E-state index contributed by atoms with van der Waals surface area (Å²) in [5, 5.41) is 0. The second kappa shape index (κ2) is 6.83. The first kappa shape index (κ1) is 15.3. The van der Waals surface area contributed by atoms with Gasteiger partial charge in [0.2, 0.25) is 0 Å². The normalized spacial score (nSPS) is 14.3. The second-order valence-electron chi connectivity index (χ2n) is 6.48. The van der Waals surface area contributed by atoms with E-state index in [-0.39, 0.29) is 10.0 Å². The van der Waals surface area contributed by atoms with Crippen molar-refractivity contribution < 1.29 is 0 Å². The summed E-state index contributed by atoms with van der Waals surface area (Å²) in [5.74, 6) is 1.46. The molecule has 0 amide bonds. The van der Waals surface area contributed by atoms with Gasteiger partial charge in [-0.25, -0.2) is 10.0 Å². The molecule has 0 N–H and O–H groups in total. The molecule has 0 aliphatic heterocycles. The first-order valence-corrected chi connectivity index (χ1v) is 9.45. The lowest BCUT2D eigenvalue weighted by Gasteiger charge is -2.25. The molecule has 0 saturated heterocycles. The molecule has 0 radical (unpaired) electrons. The highest BCUT2D eigenvalue weighted by molar-refractivity contribution is 8.32. The fraction of sp³-hybridized carbons (Fsp3) is 1.00. The van der Waals surface area contributed by atoms with Crippen LogP contribution in [-0.4, -0.2) is 24.5 Å². The average molecular weight is 232 g/mol. The minimum Gasteiger partial charge on any atom is -0.250 e. The Balaban J connectivity index is 3.33. The van der Waals surface area contributed by atoms with Crippen molar-refractivity contribution in [3.63, 3.8) is 0 Å². The van der Waals surface area contributed by atoms with Crippen molar-refractivity contribution in [1.29, 1.82) is 0 Å². The van der Waals surface area contributed by atoms with Crippen LogP contribution in [0.25, 0.3) is 0 Å². The van der Waals surface area contributed by atoms with E-state index in [0.717, 1.165) is 0 Å². The van der Waals surface area contributed by atoms with Crippen molar-refractivity contribution in [3.8, 4) is 0 Å². The Morgan fingerprint density at radius 3 is 1.87 bits per heavy atom. The first-order valence-electron chi connectivity index (χ1n) is 6.43. The molecule has 15 heavy (non-hydrogen) atoms. The van der Waals surface area contributed by atoms with Crippen molar-refractivity contribution in [3.05, 3.63) is 0 Å². The van der Waals surface area contributed by atoms with E-state index in [0.29, 0.717) is 5.41 Å². The van der Waals surface area contributed by atoms with E-state index in [1.807, 2.05) is 0 Å². The van der Waals surface area contributed by atoms with Gasteiger partial charge in [0.05, 0.1) is 0 Å². The lowest BCUT2D eigenvalue weighted by molar-refractivity contribution is 0.308. The molecule has 0 bridgehead atoms. The molecule has 0 rings (SSSR count). The third kappa shape index (κ3) is 10.6. The highest BCUT2D eigenvalue weighted by atomic mass is 32.3. The summed E-state index contributed by atoms with van der Waals surface area (Å²) in [6, 6.07) is 0. The van der Waals surface area contributed by atoms with Gasteiger partial charge in [0.25, 0.3) is 0 Å². The summed E-state index contributed by atoms with van der Waals surface area (Å²) in [6.45, 7) is 7.10. The lowest BCUT2D eigenvalue weighted by atomic mass is 9.84. The quantitative estimate of drug-likeness (QED) is 0.513. The SMILES string of the molecule is CCC(C)(C)CCCCCCS(C)(C)C. The molecule has 0 nitrogen and oxygen atoms in total. The van der Waals surface area contributed by atoms with Crippen LogP contribution in [-0.2, 0) is 0 Å². The van der Waals surface area contributed by atoms with Crippen LogP contribution in [0.5, 0.6) is 0 Å². The van der Waals surface area contributed by atoms with Crippen LogP contribution in [0.4, 0.5) is 0 Å². The predicted octanol–water partition coefficient (Wildman–Crippen LogP) is 5.07. The van der Waals surface area contributed by atoms with E-state index in [1.165, 1.54) is 44.3 Å². The van der Waals surface area contributed by atoms with Gasteiger partial charge in [0.1, 0.15) is 0 Å². The maximum atomic E-state index is 2.42. The molecule has 0 heterocycles. The van der Waals surface area contributed by atoms with E-state index >= 15 is 0 Å². The summed E-state index contributed by atoms with van der Waals surface area (Å²) >= 11 is 0. The zero-order chi connectivity index (χ0) is 11.9. The highest BCUT2D eigenvalue weighted by Gasteiger charge is 2.13. The van der Waals surface area contributed by atoms with Gasteiger partial charge >= 0.3 is 0 Å². The fourth-order valence-electron chi connectivity index (χ4n) is 1.67. The molecule has 0 aromatic rings. The van der Waals surface area contributed by atoms with Gasteiger partial charge in [0.15, 0.2) is 0 Å². The summed E-state index contributed by atoms with van der Waals surface area (Å²) in [7, 11) is -0.244. The summed E-state index contributed by atoms with van der Waals surface area (Å²) in [5.41, 5.74) is 0.579. The van der Waals surface area contributed by atoms with Crippen LogP contribution in [0.2, 0.25) is 0 Å². The van der Waals surface area contributed by atoms with Crippen LogP contribution in [0.1, 0.15) is 59.3 Å². The Kier molecular flexibility index (Phi) is 6.99. The Morgan fingerprint density at radius 1 is 0.867 bits per heavy atom. The highest BCUT2D eigenvalue weighted by Crippen LogP contribution is 2.35. The summed E-state index contributed by atoms with van der Waals surface area (Å²) in [4.78, 5) is 0. The van der Waals surface area contributed by atoms with Crippen LogP contribution in [0, 0.1) is 5.41 Å². The van der Waals surface area contributed by atoms with Crippen LogP contribution >= 0.6 is 10.0 Å². The molecule has 0 unspecified atom stereocenters. The largest absolute Gasteiger partial charge is 0.250 e. The van der Waals surface area contributed by atoms with E-state index in [4.69, 9.17) is 0 Å². The minimum atomic E-state index is -0.244. The van der Waals surface area contributed by atoms with Crippen molar-refractivity contribution in [2.24, 2.45) is 5.41 Å². The average Bonchev–Trinajstić information content (AvgIpc) is 2.09. The van der Waals surface area contributed by atoms with Gasteiger partial charge in [-0.2, -0.15) is 0 Å². The van der Waals surface area contributed by atoms with E-state index in [9.17, 15) is 0 Å². The van der Waals surface area contributed by atoms with E-state index < -0.39 is 0 Å². The van der Waals surface area contributed by atoms with Crippen molar-refractivity contribution >= 4 is 10.0 Å². The summed E-state index contributed by atoms with van der Waals surface area (Å²) < 4.78 is 0. The molecule has 0 saturated carbocycles. The van der Waals surface area contributed by atoms with Gasteiger partial charge in [0, 0.05) is 0 Å². The number of hydrogen-bond acceptors (Lipinski definition) is 0. The van der Waals surface area contributed by atoms with Gasteiger partial charge in [-0.05, 0) is 42.8 Å². The Labute approximate surface area is 99.5 Å². The molecule has 1 heteroatoms. The zero-order valence-corrected chi connectivity index (χ0v) is 12.7. The molecule has 0 aliphatic carbocycles. The summed E-state index contributed by atoms with van der Waals surface area (Å²) in [6.07, 6.45) is 15.8. The first-order chi connectivity index (χ1) is 6.77. The van der Waals surface area contributed by atoms with Gasteiger partial charge in [-0.1, -0.05) is 46.5 Å². The van der Waals surface area contributed by atoms with Crippen LogP contribution in [0.3, 0.4) is 0 Å². The van der Waals surface area contributed by atoms with Crippen LogP contribution < -0.4 is 0 Å². The zero-order valence-electron chi connectivity index (χ0n) is 11.9. The number of hydrogen-bond donors (Lipinski definition) is 0. The molecule has 0 aromatic carbocycles. The topological polar surface area (TPSA) is 0 Å². The monoisotopic (exact) mass is 232 g/mol. The van der Waals surface area contributed by atoms with E-state index in [2.05, 4.69) is 39.5 Å². The van der Waals surface area contributed by atoms with Gasteiger partial charge in [-0.15, -0.1) is 0 Å². The fourth-order valence-corrected chi connectivity index (χ4v) is 2.74. The predicted molar refractivity (Wildman–Crippen MR) is 77.4 cm³/mol. The van der Waals surface area contributed by atoms with Crippen LogP contribution in [0.15, 0.2) is 0 Å². The molecular formula is C14H32S. The molecule has 0 aliphatic rings. The molecule has 0 atom stereocenters. The molecule has 0 spiro atoms. The van der Waals surface area contributed by atoms with Crippen molar-refractivity contribution in [2.45, 2.75) is 59.3 Å². The Hall–Kier alpha value is 0.350. The second-order valence-corrected chi connectivity index (χ2v) is 11.1. The number of unbranched alkanes of at least 4 members (excludes halogenated alkanes) is 3. The standard InChI is InChI=1S/C14H32S/c1-7-14(2,3)12-10-8-9-11-13-15(4,5)6/h7-13H2,1-6H3. The van der Waals surface area contributed by atoms with Gasteiger partial charge < -0.3 is 0 Å². The minimum absolute atomic E-state index is 0.244. The molecule has 0 aromatic heterocycles. The smallest absolute Gasteiger partial charge is 0.0235 e. The molecule has 94 valence electrons. The number of rotatable bonds is 8. The van der Waals surface area contributed by atoms with Crippen molar-refractivity contribution in [1.82, 2.24) is 0 Å². The lowest BCUT2D eigenvalue weighted by Crippen LogP contribution is -2.08. The maximum absolute atomic E-state index is 2.42. The maximum Gasteiger partial charge on any atom is -0.0235 e. The third-order valence-electron chi connectivity index (χ3n) is 3.32. The van der Waals surface area contributed by atoms with Crippen molar-refractivity contribution in [2.75, 3.05) is 24.5 Å². The van der Waals surface area contributed by atoms with E-state index in [1.54, 1.807) is 0 Å². The molecule has 0 fully saturated rings. The third-order valence-corrected chi connectivity index (χ3v) is 4.83.